The van der Waals surface area contributed by atoms with Gasteiger partial charge in [0.25, 0.3) is 0 Å². The van der Waals surface area contributed by atoms with Gasteiger partial charge in [-0.15, -0.1) is 0 Å². The summed E-state index contributed by atoms with van der Waals surface area (Å²) in [5, 5.41) is 0.247. The number of hydrogen-bond acceptors (Lipinski definition) is 2. The number of hydrogen-bond donors (Lipinski definition) is 1. The molecule has 2 heterocycles. The molecule has 0 radical (unpaired) electrons. The molecule has 6 heteroatoms. The summed E-state index contributed by atoms with van der Waals surface area (Å²) in [6.45, 7) is 0. The van der Waals surface area contributed by atoms with Crippen molar-refractivity contribution in [3.05, 3.63) is 50.5 Å². The standard InChI is InChI=1S/C11H6BrClN2O2/c12-6-1-2-7-8(5-6)15(11(16)14-7)10-4-3-9(13)17-10/h1-5H,(H,14,16). The predicted molar refractivity (Wildman–Crippen MR) is 68.9 cm³/mol. The van der Waals surface area contributed by atoms with Crippen LogP contribution in [0, 0.1) is 0 Å². The first-order chi connectivity index (χ1) is 8.15. The Morgan fingerprint density at radius 1 is 1.29 bits per heavy atom. The number of nitrogens with one attached hydrogen (secondary N) is 1. The maximum absolute atomic E-state index is 11.8. The number of benzene rings is 1. The van der Waals surface area contributed by atoms with Crippen molar-refractivity contribution in [2.45, 2.75) is 0 Å². The maximum atomic E-state index is 11.8. The van der Waals surface area contributed by atoms with Crippen LogP contribution < -0.4 is 5.69 Å². The van der Waals surface area contributed by atoms with Gasteiger partial charge in [0.05, 0.1) is 11.0 Å². The Balaban J connectivity index is 2.39. The Hall–Kier alpha value is -1.46. The summed E-state index contributed by atoms with van der Waals surface area (Å²) >= 11 is 9.08. The molecule has 0 saturated carbocycles. The highest BCUT2D eigenvalue weighted by Gasteiger charge is 2.11. The fourth-order valence-electron chi connectivity index (χ4n) is 1.72. The molecule has 1 N–H and O–H groups in total. The first-order valence-electron chi connectivity index (χ1n) is 4.81. The first-order valence-corrected chi connectivity index (χ1v) is 5.98. The topological polar surface area (TPSA) is 50.9 Å². The summed E-state index contributed by atoms with van der Waals surface area (Å²) < 4.78 is 7.57. The zero-order valence-electron chi connectivity index (χ0n) is 8.41. The first kappa shape index (κ1) is 10.7. The molecule has 0 saturated heterocycles. The fourth-order valence-corrected chi connectivity index (χ4v) is 2.21. The second kappa shape index (κ2) is 3.78. The molecule has 0 unspecified atom stereocenters. The molecular formula is C11H6BrClN2O2. The van der Waals surface area contributed by atoms with Crippen LogP contribution in [0.2, 0.25) is 5.22 Å². The van der Waals surface area contributed by atoms with E-state index < -0.39 is 0 Å². The van der Waals surface area contributed by atoms with E-state index in [0.29, 0.717) is 5.88 Å². The molecule has 3 rings (SSSR count). The van der Waals surface area contributed by atoms with E-state index in [0.717, 1.165) is 15.5 Å². The molecule has 1 aromatic carbocycles. The van der Waals surface area contributed by atoms with Crippen molar-refractivity contribution in [3.63, 3.8) is 0 Å². The minimum atomic E-state index is -0.260. The lowest BCUT2D eigenvalue weighted by molar-refractivity contribution is 0.540. The van der Waals surface area contributed by atoms with Gasteiger partial charge < -0.3 is 9.40 Å². The lowest BCUT2D eigenvalue weighted by atomic mass is 10.3. The van der Waals surface area contributed by atoms with Gasteiger partial charge in [-0.25, -0.2) is 9.36 Å². The molecule has 0 bridgehead atoms. The summed E-state index contributed by atoms with van der Waals surface area (Å²) in [7, 11) is 0. The van der Waals surface area contributed by atoms with E-state index in [9.17, 15) is 4.79 Å². The molecule has 17 heavy (non-hydrogen) atoms. The van der Waals surface area contributed by atoms with Crippen molar-refractivity contribution in [3.8, 4) is 5.88 Å². The number of H-pyrrole nitrogens is 1. The number of nitrogens with zero attached hydrogens (tertiary/aromatic N) is 1. The van der Waals surface area contributed by atoms with Gasteiger partial charge in [0.2, 0.25) is 5.88 Å². The molecule has 0 atom stereocenters. The van der Waals surface area contributed by atoms with Gasteiger partial charge >= 0.3 is 5.69 Å². The molecule has 2 aromatic heterocycles. The summed E-state index contributed by atoms with van der Waals surface area (Å²) in [6.07, 6.45) is 0. The fraction of sp³-hybridized carbons (Fsp3) is 0. The smallest absolute Gasteiger partial charge is 0.333 e. The Morgan fingerprint density at radius 2 is 2.12 bits per heavy atom. The van der Waals surface area contributed by atoms with Gasteiger partial charge in [-0.05, 0) is 35.9 Å². The second-order valence-corrected chi connectivity index (χ2v) is 4.79. The van der Waals surface area contributed by atoms with Crippen LogP contribution in [0.4, 0.5) is 0 Å². The maximum Gasteiger partial charge on any atom is 0.333 e. The second-order valence-electron chi connectivity index (χ2n) is 3.50. The molecular weight excluding hydrogens is 307 g/mol. The van der Waals surface area contributed by atoms with Gasteiger partial charge in [-0.1, -0.05) is 15.9 Å². The average molecular weight is 314 g/mol. The number of furan rings is 1. The van der Waals surface area contributed by atoms with Crippen LogP contribution in [0.3, 0.4) is 0 Å². The van der Waals surface area contributed by atoms with E-state index in [1.54, 1.807) is 12.1 Å². The number of imidazole rings is 1. The third kappa shape index (κ3) is 1.71. The van der Waals surface area contributed by atoms with Crippen molar-refractivity contribution in [2.24, 2.45) is 0 Å². The van der Waals surface area contributed by atoms with Crippen molar-refractivity contribution >= 4 is 38.6 Å². The van der Waals surface area contributed by atoms with Crippen LogP contribution in [-0.2, 0) is 0 Å². The van der Waals surface area contributed by atoms with Gasteiger partial charge in [-0.3, -0.25) is 0 Å². The monoisotopic (exact) mass is 312 g/mol. The lowest BCUT2D eigenvalue weighted by Gasteiger charge is -1.98. The van der Waals surface area contributed by atoms with E-state index in [2.05, 4.69) is 20.9 Å². The van der Waals surface area contributed by atoms with Crippen molar-refractivity contribution in [1.29, 1.82) is 0 Å². The van der Waals surface area contributed by atoms with Crippen molar-refractivity contribution < 1.29 is 4.42 Å². The quantitative estimate of drug-likeness (QED) is 0.749. The van der Waals surface area contributed by atoms with Gasteiger partial charge in [-0.2, -0.15) is 0 Å². The molecule has 0 spiro atoms. The van der Waals surface area contributed by atoms with Crippen molar-refractivity contribution in [1.82, 2.24) is 9.55 Å². The lowest BCUT2D eigenvalue weighted by Crippen LogP contribution is -2.13. The van der Waals surface area contributed by atoms with E-state index in [-0.39, 0.29) is 10.9 Å². The van der Waals surface area contributed by atoms with Crippen LogP contribution in [0.1, 0.15) is 0 Å². The van der Waals surface area contributed by atoms with Crippen LogP contribution in [0.25, 0.3) is 16.9 Å². The number of rotatable bonds is 1. The van der Waals surface area contributed by atoms with Gasteiger partial charge in [0.15, 0.2) is 5.22 Å². The summed E-state index contributed by atoms with van der Waals surface area (Å²) in [5.41, 5.74) is 1.21. The van der Waals surface area contributed by atoms with E-state index in [1.807, 2.05) is 18.2 Å². The minimum absolute atomic E-state index is 0.247. The number of aromatic amines is 1. The zero-order valence-corrected chi connectivity index (χ0v) is 10.7. The zero-order chi connectivity index (χ0) is 12.0. The Morgan fingerprint density at radius 3 is 2.82 bits per heavy atom. The van der Waals surface area contributed by atoms with E-state index in [1.165, 1.54) is 4.57 Å². The van der Waals surface area contributed by atoms with Gasteiger partial charge in [0.1, 0.15) is 0 Å². The molecule has 0 aliphatic rings. The number of halogens is 2. The van der Waals surface area contributed by atoms with Gasteiger partial charge in [0, 0.05) is 10.5 Å². The van der Waals surface area contributed by atoms with Crippen molar-refractivity contribution in [2.75, 3.05) is 0 Å². The van der Waals surface area contributed by atoms with E-state index >= 15 is 0 Å². The van der Waals surface area contributed by atoms with E-state index in [4.69, 9.17) is 16.0 Å². The largest absolute Gasteiger partial charge is 0.428 e. The van der Waals surface area contributed by atoms with Crippen LogP contribution in [0.15, 0.2) is 44.0 Å². The van der Waals surface area contributed by atoms with Crippen LogP contribution in [-0.4, -0.2) is 9.55 Å². The van der Waals surface area contributed by atoms with Crippen LogP contribution in [0.5, 0.6) is 0 Å². The normalized spacial score (nSPS) is 11.2. The molecule has 0 amide bonds. The molecule has 0 aliphatic heterocycles. The molecule has 3 aromatic rings. The summed E-state index contributed by atoms with van der Waals surface area (Å²) in [5.74, 6) is 0.393. The average Bonchev–Trinajstić information content (AvgIpc) is 2.81. The highest BCUT2D eigenvalue weighted by atomic mass is 79.9. The Bertz CT molecular complexity index is 756. The highest BCUT2D eigenvalue weighted by Crippen LogP contribution is 2.22. The molecule has 0 aliphatic carbocycles. The molecule has 4 nitrogen and oxygen atoms in total. The SMILES string of the molecule is O=c1[nH]c2ccc(Br)cc2n1-c1ccc(Cl)o1. The third-order valence-corrected chi connectivity index (χ3v) is 3.12. The summed E-state index contributed by atoms with van der Waals surface area (Å²) in [6, 6.07) is 8.77. The highest BCUT2D eigenvalue weighted by molar-refractivity contribution is 9.10. The summed E-state index contributed by atoms with van der Waals surface area (Å²) in [4.78, 5) is 14.6. The molecule has 86 valence electrons. The Labute approximate surface area is 109 Å². The number of aromatic nitrogens is 2. The molecule has 0 fully saturated rings. The predicted octanol–water partition coefficient (Wildman–Crippen LogP) is 3.33. The number of fused-ring (bicyclic) bond motifs is 1. The third-order valence-electron chi connectivity index (χ3n) is 2.42. The minimum Gasteiger partial charge on any atom is -0.428 e. The van der Waals surface area contributed by atoms with Crippen LogP contribution >= 0.6 is 27.5 Å². The Kier molecular flexibility index (Phi) is 2.38.